The topological polar surface area (TPSA) is 58.4 Å². The normalized spacial score (nSPS) is 16.6. The fourth-order valence-electron chi connectivity index (χ4n) is 2.11. The summed E-state index contributed by atoms with van der Waals surface area (Å²) in [6, 6.07) is 1.61. The third kappa shape index (κ3) is 3.44. The first kappa shape index (κ1) is 14.0. The molecule has 0 saturated carbocycles. The lowest BCUT2D eigenvalue weighted by Gasteiger charge is -2.31. The molecule has 1 amide bonds. The van der Waals surface area contributed by atoms with Gasteiger partial charge in [0.05, 0.1) is 0 Å². The van der Waals surface area contributed by atoms with Crippen LogP contribution >= 0.6 is 12.4 Å². The molecule has 1 fully saturated rings. The summed E-state index contributed by atoms with van der Waals surface area (Å²) in [7, 11) is 1.97. The van der Waals surface area contributed by atoms with Gasteiger partial charge in [-0.1, -0.05) is 5.16 Å². The van der Waals surface area contributed by atoms with Crippen LogP contribution in [0.3, 0.4) is 0 Å². The number of halogens is 1. The zero-order chi connectivity index (χ0) is 11.4. The number of aromatic nitrogens is 1. The van der Waals surface area contributed by atoms with Gasteiger partial charge in [-0.15, -0.1) is 12.4 Å². The van der Waals surface area contributed by atoms with Crippen molar-refractivity contribution in [2.45, 2.75) is 12.8 Å². The van der Waals surface area contributed by atoms with Crippen molar-refractivity contribution in [3.05, 3.63) is 18.0 Å². The second kappa shape index (κ2) is 6.61. The monoisotopic (exact) mass is 259 g/mol. The Balaban J connectivity index is 0.00000144. The Kier molecular flexibility index (Phi) is 5.44. The molecule has 1 aromatic heterocycles. The van der Waals surface area contributed by atoms with Gasteiger partial charge in [-0.3, -0.25) is 4.79 Å². The maximum atomic E-state index is 11.9. The Hall–Kier alpha value is -1.07. The summed E-state index contributed by atoms with van der Waals surface area (Å²) in [6.45, 7) is 2.67. The van der Waals surface area contributed by atoms with Crippen molar-refractivity contribution in [2.75, 3.05) is 26.7 Å². The Morgan fingerprint density at radius 3 is 2.82 bits per heavy atom. The van der Waals surface area contributed by atoms with Gasteiger partial charge in [-0.25, -0.2) is 0 Å². The molecule has 17 heavy (non-hydrogen) atoms. The molecule has 0 atom stereocenters. The molecule has 0 aliphatic carbocycles. The molecular formula is C11H18ClN3O2. The van der Waals surface area contributed by atoms with E-state index < -0.39 is 0 Å². The second-order valence-corrected chi connectivity index (χ2v) is 4.18. The first-order chi connectivity index (χ1) is 7.81. The third-order valence-electron chi connectivity index (χ3n) is 3.05. The molecule has 2 heterocycles. The van der Waals surface area contributed by atoms with Crippen molar-refractivity contribution < 1.29 is 9.32 Å². The van der Waals surface area contributed by atoms with Crippen LogP contribution in [0.2, 0.25) is 0 Å². The van der Waals surface area contributed by atoms with E-state index in [-0.39, 0.29) is 18.3 Å². The summed E-state index contributed by atoms with van der Waals surface area (Å²) in [4.78, 5) is 13.8. The lowest BCUT2D eigenvalue weighted by atomic mass is 9.97. The molecule has 5 nitrogen and oxygen atoms in total. The Morgan fingerprint density at radius 2 is 2.29 bits per heavy atom. The molecular weight excluding hydrogens is 242 g/mol. The minimum atomic E-state index is -0.0170. The van der Waals surface area contributed by atoms with Crippen molar-refractivity contribution in [3.8, 4) is 0 Å². The Morgan fingerprint density at radius 1 is 1.59 bits per heavy atom. The van der Waals surface area contributed by atoms with Gasteiger partial charge in [-0.2, -0.15) is 0 Å². The second-order valence-electron chi connectivity index (χ2n) is 4.18. The minimum Gasteiger partial charge on any atom is -0.364 e. The van der Waals surface area contributed by atoms with Gasteiger partial charge in [0.25, 0.3) is 5.91 Å². The SMILES string of the molecule is CNCC1CCN(C(=O)c2ccon2)CC1.Cl. The summed E-state index contributed by atoms with van der Waals surface area (Å²) in [5, 5.41) is 6.85. The zero-order valence-corrected chi connectivity index (χ0v) is 10.7. The zero-order valence-electron chi connectivity index (χ0n) is 9.89. The van der Waals surface area contributed by atoms with Gasteiger partial charge in [0.1, 0.15) is 6.26 Å². The van der Waals surface area contributed by atoms with Gasteiger partial charge < -0.3 is 14.7 Å². The van der Waals surface area contributed by atoms with Crippen LogP contribution in [0, 0.1) is 5.92 Å². The predicted molar refractivity (Wildman–Crippen MR) is 66.3 cm³/mol. The number of nitrogens with one attached hydrogen (secondary N) is 1. The van der Waals surface area contributed by atoms with E-state index in [9.17, 15) is 4.79 Å². The van der Waals surface area contributed by atoms with E-state index in [2.05, 4.69) is 15.0 Å². The molecule has 6 heteroatoms. The van der Waals surface area contributed by atoms with Gasteiger partial charge in [0.15, 0.2) is 5.69 Å². The van der Waals surface area contributed by atoms with Crippen LogP contribution in [0.1, 0.15) is 23.3 Å². The van der Waals surface area contributed by atoms with Crippen LogP contribution in [0.25, 0.3) is 0 Å². The van der Waals surface area contributed by atoms with E-state index in [1.807, 2.05) is 11.9 Å². The summed E-state index contributed by atoms with van der Waals surface area (Å²) in [6.07, 6.45) is 3.55. The number of piperidine rings is 1. The third-order valence-corrected chi connectivity index (χ3v) is 3.05. The number of nitrogens with zero attached hydrogens (tertiary/aromatic N) is 2. The molecule has 0 spiro atoms. The average molecular weight is 260 g/mol. The predicted octanol–water partition coefficient (Wildman–Crippen LogP) is 1.17. The number of carbonyl (C=O) groups excluding carboxylic acids is 1. The van der Waals surface area contributed by atoms with E-state index in [1.54, 1.807) is 6.07 Å². The van der Waals surface area contributed by atoms with E-state index in [0.29, 0.717) is 11.6 Å². The van der Waals surface area contributed by atoms with Crippen LogP contribution in [-0.4, -0.2) is 42.6 Å². The summed E-state index contributed by atoms with van der Waals surface area (Å²) in [5.74, 6) is 0.669. The first-order valence-electron chi connectivity index (χ1n) is 5.65. The Bertz CT molecular complexity index is 334. The van der Waals surface area contributed by atoms with Crippen molar-refractivity contribution in [1.29, 1.82) is 0 Å². The summed E-state index contributed by atoms with van der Waals surface area (Å²) >= 11 is 0. The van der Waals surface area contributed by atoms with Crippen LogP contribution in [0.15, 0.2) is 16.9 Å². The number of hydrogen-bond donors (Lipinski definition) is 1. The van der Waals surface area contributed by atoms with Crippen molar-refractivity contribution in [3.63, 3.8) is 0 Å². The molecule has 2 rings (SSSR count). The largest absolute Gasteiger partial charge is 0.364 e. The highest BCUT2D eigenvalue weighted by Gasteiger charge is 2.24. The quantitative estimate of drug-likeness (QED) is 0.885. The number of rotatable bonds is 3. The average Bonchev–Trinajstić information content (AvgIpc) is 2.83. The molecule has 1 aromatic rings. The molecule has 0 bridgehead atoms. The van der Waals surface area contributed by atoms with Crippen LogP contribution in [-0.2, 0) is 0 Å². The molecule has 1 aliphatic rings. The summed E-state index contributed by atoms with van der Waals surface area (Å²) < 4.78 is 4.68. The van der Waals surface area contributed by atoms with Gasteiger partial charge >= 0.3 is 0 Å². The lowest BCUT2D eigenvalue weighted by Crippen LogP contribution is -2.40. The van der Waals surface area contributed by atoms with E-state index in [0.717, 1.165) is 32.5 Å². The smallest absolute Gasteiger partial charge is 0.276 e. The van der Waals surface area contributed by atoms with Crippen molar-refractivity contribution in [1.82, 2.24) is 15.4 Å². The number of likely N-dealkylation sites (tertiary alicyclic amines) is 1. The first-order valence-corrected chi connectivity index (χ1v) is 5.65. The molecule has 1 saturated heterocycles. The highest BCUT2D eigenvalue weighted by molar-refractivity contribution is 5.92. The van der Waals surface area contributed by atoms with E-state index >= 15 is 0 Å². The molecule has 0 aromatic carbocycles. The number of amides is 1. The molecule has 0 unspecified atom stereocenters. The highest BCUT2D eigenvalue weighted by atomic mass is 35.5. The van der Waals surface area contributed by atoms with Crippen molar-refractivity contribution >= 4 is 18.3 Å². The molecule has 96 valence electrons. The molecule has 1 aliphatic heterocycles. The Labute approximate surface area is 107 Å². The fraction of sp³-hybridized carbons (Fsp3) is 0.636. The van der Waals surface area contributed by atoms with Crippen molar-refractivity contribution in [2.24, 2.45) is 5.92 Å². The maximum absolute atomic E-state index is 11.9. The fourth-order valence-corrected chi connectivity index (χ4v) is 2.11. The molecule has 1 N–H and O–H groups in total. The number of carbonyl (C=O) groups is 1. The van der Waals surface area contributed by atoms with Crippen LogP contribution in [0.4, 0.5) is 0 Å². The number of hydrogen-bond acceptors (Lipinski definition) is 4. The van der Waals surface area contributed by atoms with Crippen LogP contribution < -0.4 is 5.32 Å². The minimum absolute atomic E-state index is 0. The lowest BCUT2D eigenvalue weighted by molar-refractivity contribution is 0.0680. The molecule has 0 radical (unpaired) electrons. The van der Waals surface area contributed by atoms with E-state index in [4.69, 9.17) is 0 Å². The van der Waals surface area contributed by atoms with Gasteiger partial charge in [0.2, 0.25) is 0 Å². The van der Waals surface area contributed by atoms with Gasteiger partial charge in [0, 0.05) is 19.2 Å². The maximum Gasteiger partial charge on any atom is 0.276 e. The van der Waals surface area contributed by atoms with E-state index in [1.165, 1.54) is 6.26 Å². The standard InChI is InChI=1S/C11H17N3O2.ClH/c1-12-8-9-2-5-14(6-3-9)11(15)10-4-7-16-13-10;/h4,7,9,12H,2-3,5-6,8H2,1H3;1H. The summed E-state index contributed by atoms with van der Waals surface area (Å²) in [5.41, 5.74) is 0.409. The highest BCUT2D eigenvalue weighted by Crippen LogP contribution is 2.17. The van der Waals surface area contributed by atoms with Crippen LogP contribution in [0.5, 0.6) is 0 Å². The van der Waals surface area contributed by atoms with Gasteiger partial charge in [-0.05, 0) is 32.4 Å².